The van der Waals surface area contributed by atoms with Crippen molar-refractivity contribution in [1.82, 2.24) is 5.32 Å². The highest BCUT2D eigenvalue weighted by atomic mass is 35.5. The number of aryl methyl sites for hydroxylation is 1. The van der Waals surface area contributed by atoms with E-state index in [1.165, 1.54) is 0 Å². The number of halogens is 1. The predicted molar refractivity (Wildman–Crippen MR) is 75.3 cm³/mol. The van der Waals surface area contributed by atoms with E-state index in [9.17, 15) is 4.79 Å². The molecule has 18 heavy (non-hydrogen) atoms. The van der Waals surface area contributed by atoms with Crippen LogP contribution in [0.4, 0.5) is 0 Å². The lowest BCUT2D eigenvalue weighted by Crippen LogP contribution is -2.48. The number of rotatable bonds is 3. The molecule has 1 saturated carbocycles. The van der Waals surface area contributed by atoms with Crippen LogP contribution in [0.25, 0.3) is 0 Å². The van der Waals surface area contributed by atoms with Crippen molar-refractivity contribution in [3.05, 3.63) is 34.9 Å². The van der Waals surface area contributed by atoms with Gasteiger partial charge in [-0.2, -0.15) is 0 Å². The van der Waals surface area contributed by atoms with E-state index in [0.29, 0.717) is 5.88 Å². The zero-order valence-electron chi connectivity index (χ0n) is 11.1. The number of carbonyl (C=O) groups is 1. The van der Waals surface area contributed by atoms with Crippen LogP contribution in [0.5, 0.6) is 0 Å². The predicted octanol–water partition coefficient (Wildman–Crippen LogP) is 3.58. The standard InChI is InChI=1S/C15H20ClNO/c1-11-6-5-7-13(12(11)2)14(18)17-15(10-16)8-3-4-9-15/h5-7H,3-4,8-10H2,1-2H3,(H,17,18). The van der Waals surface area contributed by atoms with Crippen LogP contribution >= 0.6 is 11.6 Å². The molecule has 98 valence electrons. The Kier molecular flexibility index (Phi) is 3.96. The van der Waals surface area contributed by atoms with Crippen LogP contribution in [0.1, 0.15) is 47.2 Å². The molecule has 1 N–H and O–H groups in total. The maximum atomic E-state index is 12.4. The first-order valence-electron chi connectivity index (χ1n) is 6.53. The van der Waals surface area contributed by atoms with Crippen LogP contribution in [0, 0.1) is 13.8 Å². The molecule has 1 aromatic carbocycles. The van der Waals surface area contributed by atoms with E-state index >= 15 is 0 Å². The van der Waals surface area contributed by atoms with Gasteiger partial charge < -0.3 is 5.32 Å². The monoisotopic (exact) mass is 265 g/mol. The van der Waals surface area contributed by atoms with Crippen LogP contribution in [0.2, 0.25) is 0 Å². The Bertz CT molecular complexity index is 450. The number of hydrogen-bond acceptors (Lipinski definition) is 1. The molecule has 0 saturated heterocycles. The van der Waals surface area contributed by atoms with Crippen molar-refractivity contribution in [2.24, 2.45) is 0 Å². The fourth-order valence-electron chi connectivity index (χ4n) is 2.65. The minimum Gasteiger partial charge on any atom is -0.345 e. The molecule has 0 aromatic heterocycles. The van der Waals surface area contributed by atoms with Crippen LogP contribution in [0.15, 0.2) is 18.2 Å². The normalized spacial score (nSPS) is 17.7. The molecule has 0 aliphatic heterocycles. The number of benzene rings is 1. The Morgan fingerprint density at radius 2 is 2.00 bits per heavy atom. The summed E-state index contributed by atoms with van der Waals surface area (Å²) >= 11 is 6.05. The van der Waals surface area contributed by atoms with Crippen molar-refractivity contribution in [1.29, 1.82) is 0 Å². The van der Waals surface area contributed by atoms with Crippen molar-refractivity contribution < 1.29 is 4.79 Å². The summed E-state index contributed by atoms with van der Waals surface area (Å²) in [5, 5.41) is 3.16. The third-order valence-electron chi connectivity index (χ3n) is 4.04. The first kappa shape index (κ1) is 13.4. The molecule has 2 rings (SSSR count). The van der Waals surface area contributed by atoms with Gasteiger partial charge in [-0.05, 0) is 43.9 Å². The van der Waals surface area contributed by atoms with E-state index in [0.717, 1.165) is 42.4 Å². The minimum atomic E-state index is -0.186. The molecular formula is C15H20ClNO. The number of alkyl halides is 1. The molecule has 1 amide bonds. The van der Waals surface area contributed by atoms with Gasteiger partial charge in [-0.1, -0.05) is 25.0 Å². The number of amides is 1. The fourth-order valence-corrected chi connectivity index (χ4v) is 2.98. The third kappa shape index (κ3) is 2.54. The Labute approximate surface area is 114 Å². The summed E-state index contributed by atoms with van der Waals surface area (Å²) in [6, 6.07) is 5.84. The van der Waals surface area contributed by atoms with Gasteiger partial charge in [0.2, 0.25) is 0 Å². The lowest BCUT2D eigenvalue weighted by Gasteiger charge is -2.28. The number of nitrogens with one attached hydrogen (secondary N) is 1. The van der Waals surface area contributed by atoms with Gasteiger partial charge in [0, 0.05) is 11.4 Å². The quantitative estimate of drug-likeness (QED) is 0.832. The van der Waals surface area contributed by atoms with E-state index in [1.54, 1.807) is 0 Å². The summed E-state index contributed by atoms with van der Waals surface area (Å²) in [5.74, 6) is 0.516. The van der Waals surface area contributed by atoms with Crippen molar-refractivity contribution in [2.45, 2.75) is 45.1 Å². The Morgan fingerprint density at radius 3 is 2.61 bits per heavy atom. The van der Waals surface area contributed by atoms with E-state index in [-0.39, 0.29) is 11.4 Å². The second-order valence-corrected chi connectivity index (χ2v) is 5.59. The largest absolute Gasteiger partial charge is 0.345 e. The van der Waals surface area contributed by atoms with Crippen LogP contribution in [-0.4, -0.2) is 17.3 Å². The molecule has 1 fully saturated rings. The summed E-state index contributed by atoms with van der Waals surface area (Å²) in [5.41, 5.74) is 2.78. The van der Waals surface area contributed by atoms with Crippen LogP contribution in [-0.2, 0) is 0 Å². The second kappa shape index (κ2) is 5.31. The smallest absolute Gasteiger partial charge is 0.252 e. The Balaban J connectivity index is 2.19. The van der Waals surface area contributed by atoms with Gasteiger partial charge >= 0.3 is 0 Å². The molecule has 0 atom stereocenters. The van der Waals surface area contributed by atoms with Gasteiger partial charge in [0.05, 0.1) is 5.54 Å². The topological polar surface area (TPSA) is 29.1 Å². The highest BCUT2D eigenvalue weighted by molar-refractivity contribution is 6.19. The van der Waals surface area contributed by atoms with Gasteiger partial charge in [0.1, 0.15) is 0 Å². The average Bonchev–Trinajstić information content (AvgIpc) is 2.81. The zero-order chi connectivity index (χ0) is 13.2. The lowest BCUT2D eigenvalue weighted by molar-refractivity contribution is 0.0908. The molecule has 0 heterocycles. The second-order valence-electron chi connectivity index (χ2n) is 5.32. The first-order valence-corrected chi connectivity index (χ1v) is 7.06. The summed E-state index contributed by atoms with van der Waals surface area (Å²) in [6.07, 6.45) is 4.29. The minimum absolute atomic E-state index is 0.0127. The summed E-state index contributed by atoms with van der Waals surface area (Å²) in [6.45, 7) is 4.02. The van der Waals surface area contributed by atoms with Gasteiger partial charge in [-0.25, -0.2) is 0 Å². The molecular weight excluding hydrogens is 246 g/mol. The van der Waals surface area contributed by atoms with Crippen molar-refractivity contribution in [2.75, 3.05) is 5.88 Å². The average molecular weight is 266 g/mol. The molecule has 1 aromatic rings. The molecule has 1 aliphatic carbocycles. The SMILES string of the molecule is Cc1cccc(C(=O)NC2(CCl)CCCC2)c1C. The maximum Gasteiger partial charge on any atom is 0.252 e. The van der Waals surface area contributed by atoms with E-state index < -0.39 is 0 Å². The molecule has 0 radical (unpaired) electrons. The molecule has 1 aliphatic rings. The highest BCUT2D eigenvalue weighted by Crippen LogP contribution is 2.31. The summed E-state index contributed by atoms with van der Waals surface area (Å²) in [4.78, 5) is 12.4. The first-order chi connectivity index (χ1) is 8.58. The zero-order valence-corrected chi connectivity index (χ0v) is 11.8. The Morgan fingerprint density at radius 1 is 1.33 bits per heavy atom. The van der Waals surface area contributed by atoms with Crippen molar-refractivity contribution in [3.63, 3.8) is 0 Å². The highest BCUT2D eigenvalue weighted by Gasteiger charge is 2.34. The van der Waals surface area contributed by atoms with E-state index in [4.69, 9.17) is 11.6 Å². The summed E-state index contributed by atoms with van der Waals surface area (Å²) < 4.78 is 0. The Hall–Kier alpha value is -1.02. The number of hydrogen-bond donors (Lipinski definition) is 1. The van der Waals surface area contributed by atoms with Gasteiger partial charge in [0.15, 0.2) is 0 Å². The molecule has 3 heteroatoms. The van der Waals surface area contributed by atoms with E-state index in [2.05, 4.69) is 5.32 Å². The van der Waals surface area contributed by atoms with E-state index in [1.807, 2.05) is 32.0 Å². The van der Waals surface area contributed by atoms with Crippen LogP contribution < -0.4 is 5.32 Å². The summed E-state index contributed by atoms with van der Waals surface area (Å²) in [7, 11) is 0. The van der Waals surface area contributed by atoms with Crippen molar-refractivity contribution in [3.8, 4) is 0 Å². The fraction of sp³-hybridized carbons (Fsp3) is 0.533. The maximum absolute atomic E-state index is 12.4. The lowest BCUT2D eigenvalue weighted by atomic mass is 9.97. The third-order valence-corrected chi connectivity index (χ3v) is 4.56. The number of carbonyl (C=O) groups excluding carboxylic acids is 1. The van der Waals surface area contributed by atoms with Crippen molar-refractivity contribution >= 4 is 17.5 Å². The van der Waals surface area contributed by atoms with Gasteiger partial charge in [-0.3, -0.25) is 4.79 Å². The van der Waals surface area contributed by atoms with Gasteiger partial charge in [0.25, 0.3) is 5.91 Å². The molecule has 0 spiro atoms. The molecule has 0 unspecified atom stereocenters. The van der Waals surface area contributed by atoms with Crippen LogP contribution in [0.3, 0.4) is 0 Å². The molecule has 2 nitrogen and oxygen atoms in total. The van der Waals surface area contributed by atoms with Gasteiger partial charge in [-0.15, -0.1) is 11.6 Å². The molecule has 0 bridgehead atoms.